The van der Waals surface area contributed by atoms with E-state index in [9.17, 15) is 17.6 Å². The number of aromatic carboxylic acids is 1. The fourth-order valence-corrected chi connectivity index (χ4v) is 4.10. The minimum atomic E-state index is -3.83. The minimum absolute atomic E-state index is 0.0878. The topological polar surface area (TPSA) is 87.8 Å². The van der Waals surface area contributed by atoms with Gasteiger partial charge in [-0.05, 0) is 42.2 Å². The number of furan rings is 1. The number of hydrogen-bond acceptors (Lipinski definition) is 4. The van der Waals surface area contributed by atoms with E-state index < -0.39 is 21.8 Å². The second kappa shape index (κ2) is 5.47. The molecule has 3 rings (SSSR count). The van der Waals surface area contributed by atoms with E-state index in [1.54, 1.807) is 6.92 Å². The Balaban J connectivity index is 1.99. The third kappa shape index (κ3) is 2.75. The zero-order chi connectivity index (χ0) is 16.8. The maximum Gasteiger partial charge on any atom is 0.336 e. The average Bonchev–Trinajstić information content (AvgIpc) is 2.92. The molecule has 2 heterocycles. The van der Waals surface area contributed by atoms with Crippen LogP contribution in [0.1, 0.15) is 27.0 Å². The van der Waals surface area contributed by atoms with Crippen LogP contribution in [0.4, 0.5) is 4.39 Å². The Morgan fingerprint density at radius 2 is 2.09 bits per heavy atom. The van der Waals surface area contributed by atoms with E-state index >= 15 is 0 Å². The Bertz CT molecular complexity index is 887. The number of aryl methyl sites for hydroxylation is 1. The highest BCUT2D eigenvalue weighted by Crippen LogP contribution is 2.28. The Labute approximate surface area is 132 Å². The molecule has 0 unspecified atom stereocenters. The molecule has 0 fully saturated rings. The third-order valence-corrected chi connectivity index (χ3v) is 5.51. The van der Waals surface area contributed by atoms with Gasteiger partial charge < -0.3 is 9.52 Å². The van der Waals surface area contributed by atoms with Crippen molar-refractivity contribution in [3.8, 4) is 0 Å². The number of fused-ring (bicyclic) bond motifs is 1. The van der Waals surface area contributed by atoms with E-state index in [1.807, 2.05) is 0 Å². The zero-order valence-corrected chi connectivity index (χ0v) is 13.1. The number of carboxylic acids is 1. The first-order valence-corrected chi connectivity index (χ1v) is 8.33. The molecule has 6 nitrogen and oxygen atoms in total. The average molecular weight is 339 g/mol. The number of nitrogens with zero attached hydrogens (tertiary/aromatic N) is 1. The molecule has 1 aliphatic rings. The maximum absolute atomic E-state index is 13.6. The quantitative estimate of drug-likeness (QED) is 0.926. The molecule has 8 heteroatoms. The summed E-state index contributed by atoms with van der Waals surface area (Å²) in [6.07, 6.45) is 1.54. The number of benzene rings is 1. The molecule has 1 N–H and O–H groups in total. The molecule has 0 bridgehead atoms. The van der Waals surface area contributed by atoms with Gasteiger partial charge in [-0.25, -0.2) is 17.6 Å². The number of halogens is 1. The molecule has 122 valence electrons. The van der Waals surface area contributed by atoms with Gasteiger partial charge >= 0.3 is 5.97 Å². The fourth-order valence-electron chi connectivity index (χ4n) is 2.70. The third-order valence-electron chi connectivity index (χ3n) is 3.80. The molecule has 1 aromatic heterocycles. The van der Waals surface area contributed by atoms with Crippen molar-refractivity contribution in [2.45, 2.75) is 25.0 Å². The highest BCUT2D eigenvalue weighted by atomic mass is 32.2. The lowest BCUT2D eigenvalue weighted by Gasteiger charge is -2.28. The van der Waals surface area contributed by atoms with E-state index in [0.717, 1.165) is 6.07 Å². The van der Waals surface area contributed by atoms with Crippen LogP contribution >= 0.6 is 0 Å². The van der Waals surface area contributed by atoms with Crippen LogP contribution in [0.3, 0.4) is 0 Å². The van der Waals surface area contributed by atoms with Crippen LogP contribution in [0, 0.1) is 12.7 Å². The summed E-state index contributed by atoms with van der Waals surface area (Å²) in [4.78, 5) is 11.2. The van der Waals surface area contributed by atoms with E-state index in [-0.39, 0.29) is 30.2 Å². The van der Waals surface area contributed by atoms with Gasteiger partial charge in [0, 0.05) is 19.2 Å². The van der Waals surface area contributed by atoms with Crippen molar-refractivity contribution in [2.75, 3.05) is 6.54 Å². The largest absolute Gasteiger partial charge is 0.478 e. The van der Waals surface area contributed by atoms with Crippen LogP contribution in [-0.2, 0) is 23.0 Å². The molecule has 0 radical (unpaired) electrons. The van der Waals surface area contributed by atoms with Gasteiger partial charge in [-0.3, -0.25) is 0 Å². The lowest BCUT2D eigenvalue weighted by Crippen LogP contribution is -2.36. The number of hydrogen-bond donors (Lipinski definition) is 1. The Morgan fingerprint density at radius 1 is 1.35 bits per heavy atom. The fraction of sp³-hybridized carbons (Fsp3) is 0.267. The second-order valence-electron chi connectivity index (χ2n) is 5.43. The molecule has 0 aliphatic carbocycles. The minimum Gasteiger partial charge on any atom is -0.478 e. The zero-order valence-electron chi connectivity index (χ0n) is 12.2. The van der Waals surface area contributed by atoms with Crippen molar-refractivity contribution in [3.05, 3.63) is 52.5 Å². The Hall–Kier alpha value is -2.19. The highest BCUT2D eigenvalue weighted by molar-refractivity contribution is 7.89. The van der Waals surface area contributed by atoms with Gasteiger partial charge in [-0.2, -0.15) is 4.31 Å². The van der Waals surface area contributed by atoms with Crippen molar-refractivity contribution in [3.63, 3.8) is 0 Å². The van der Waals surface area contributed by atoms with Gasteiger partial charge in [-0.15, -0.1) is 0 Å². The summed E-state index contributed by atoms with van der Waals surface area (Å²) in [5.74, 6) is -1.92. The lowest BCUT2D eigenvalue weighted by atomic mass is 9.95. The first kappa shape index (κ1) is 15.7. The SMILES string of the molecule is Cc1coc(S(=O)(=O)N2CCc3c(cc(F)cc3C(=O)O)C2)c1. The van der Waals surface area contributed by atoms with E-state index in [1.165, 1.54) is 22.7 Å². The van der Waals surface area contributed by atoms with Crippen molar-refractivity contribution in [1.29, 1.82) is 0 Å². The second-order valence-corrected chi connectivity index (χ2v) is 7.30. The van der Waals surface area contributed by atoms with Crippen LogP contribution < -0.4 is 0 Å². The normalized spacial score (nSPS) is 15.4. The van der Waals surface area contributed by atoms with E-state index in [2.05, 4.69) is 0 Å². The summed E-state index contributed by atoms with van der Waals surface area (Å²) < 4.78 is 44.9. The molecule has 23 heavy (non-hydrogen) atoms. The summed E-state index contributed by atoms with van der Waals surface area (Å²) in [7, 11) is -3.83. The molecular formula is C15H14FNO5S. The molecular weight excluding hydrogens is 325 g/mol. The van der Waals surface area contributed by atoms with Gasteiger partial charge in [0.2, 0.25) is 5.09 Å². The van der Waals surface area contributed by atoms with Crippen LogP contribution in [0.25, 0.3) is 0 Å². The summed E-state index contributed by atoms with van der Waals surface area (Å²) in [6.45, 7) is 1.74. The van der Waals surface area contributed by atoms with Gasteiger partial charge in [0.25, 0.3) is 10.0 Å². The highest BCUT2D eigenvalue weighted by Gasteiger charge is 2.32. The van der Waals surface area contributed by atoms with E-state index in [4.69, 9.17) is 9.52 Å². The number of sulfonamides is 1. The van der Waals surface area contributed by atoms with Crippen LogP contribution in [0.2, 0.25) is 0 Å². The summed E-state index contributed by atoms with van der Waals surface area (Å²) >= 11 is 0. The van der Waals surface area contributed by atoms with Gasteiger partial charge in [0.15, 0.2) is 0 Å². The predicted molar refractivity (Wildman–Crippen MR) is 78.1 cm³/mol. The summed E-state index contributed by atoms with van der Waals surface area (Å²) in [5, 5.41) is 8.99. The molecule has 0 saturated carbocycles. The summed E-state index contributed by atoms with van der Waals surface area (Å²) in [6, 6.07) is 3.55. The number of rotatable bonds is 3. The molecule has 1 aliphatic heterocycles. The van der Waals surface area contributed by atoms with Crippen molar-refractivity contribution in [2.24, 2.45) is 0 Å². The van der Waals surface area contributed by atoms with E-state index in [0.29, 0.717) is 16.7 Å². The van der Waals surface area contributed by atoms with Crippen molar-refractivity contribution in [1.82, 2.24) is 4.31 Å². The summed E-state index contributed by atoms with van der Waals surface area (Å²) in [5.41, 5.74) is 1.40. The predicted octanol–water partition coefficient (Wildman–Crippen LogP) is 2.17. The molecule has 0 spiro atoms. The standard InChI is InChI=1S/C15H14FNO5S/c1-9-4-14(22-8-9)23(20,21)17-3-2-12-10(7-17)5-11(16)6-13(12)15(18)19/h4-6,8H,2-3,7H2,1H3,(H,18,19). The molecule has 0 saturated heterocycles. The van der Waals surface area contributed by atoms with Gasteiger partial charge in [0.05, 0.1) is 11.8 Å². The maximum atomic E-state index is 13.6. The number of carboxylic acid groups (broad SMARTS) is 1. The number of carbonyl (C=O) groups is 1. The first-order chi connectivity index (χ1) is 10.8. The van der Waals surface area contributed by atoms with Crippen LogP contribution in [-0.4, -0.2) is 30.3 Å². The van der Waals surface area contributed by atoms with Crippen LogP contribution in [0.15, 0.2) is 34.0 Å². The lowest BCUT2D eigenvalue weighted by molar-refractivity contribution is 0.0694. The Kier molecular flexibility index (Phi) is 3.73. The van der Waals surface area contributed by atoms with Gasteiger partial charge in [-0.1, -0.05) is 0 Å². The smallest absolute Gasteiger partial charge is 0.336 e. The van der Waals surface area contributed by atoms with Crippen LogP contribution in [0.5, 0.6) is 0 Å². The molecule has 0 atom stereocenters. The Morgan fingerprint density at radius 3 is 2.70 bits per heavy atom. The van der Waals surface area contributed by atoms with Crippen molar-refractivity contribution >= 4 is 16.0 Å². The molecule has 1 aromatic carbocycles. The van der Waals surface area contributed by atoms with Gasteiger partial charge in [0.1, 0.15) is 5.82 Å². The molecule has 0 amide bonds. The first-order valence-electron chi connectivity index (χ1n) is 6.89. The monoisotopic (exact) mass is 339 g/mol. The molecule has 2 aromatic rings. The van der Waals surface area contributed by atoms with Crippen molar-refractivity contribution < 1.29 is 27.1 Å².